The van der Waals surface area contributed by atoms with E-state index in [1.54, 1.807) is 29.2 Å². The van der Waals surface area contributed by atoms with Gasteiger partial charge in [-0.05, 0) is 43.2 Å². The third-order valence-electron chi connectivity index (χ3n) is 5.98. The number of hydrogen-bond donors (Lipinski definition) is 1. The molecule has 0 unspecified atom stereocenters. The van der Waals surface area contributed by atoms with E-state index in [9.17, 15) is 4.79 Å². The van der Waals surface area contributed by atoms with E-state index in [2.05, 4.69) is 30.3 Å². The van der Waals surface area contributed by atoms with Crippen molar-refractivity contribution in [2.45, 2.75) is 38.3 Å². The maximum Gasteiger partial charge on any atom is 0.246 e. The molecular weight excluding hydrogens is 368 g/mol. The molecule has 2 aliphatic rings. The third-order valence-corrected chi connectivity index (χ3v) is 5.98. The molecule has 2 saturated carbocycles. The van der Waals surface area contributed by atoms with Crippen LogP contribution in [-0.4, -0.2) is 43.7 Å². The first-order valence-corrected chi connectivity index (χ1v) is 9.63. The molecule has 0 aliphatic heterocycles. The van der Waals surface area contributed by atoms with E-state index in [1.165, 1.54) is 31.9 Å². The number of rotatable bonds is 5. The molecular formula is C20H20N8O. The van der Waals surface area contributed by atoms with E-state index in [0.29, 0.717) is 34.4 Å². The lowest BCUT2D eigenvalue weighted by Gasteiger charge is -2.41. The number of nitriles is 1. The lowest BCUT2D eigenvalue weighted by atomic mass is 9.76. The van der Waals surface area contributed by atoms with Crippen LogP contribution < -0.4 is 10.2 Å². The molecule has 3 aromatic rings. The van der Waals surface area contributed by atoms with Crippen LogP contribution in [0.5, 0.6) is 0 Å². The molecule has 3 aromatic heterocycles. The van der Waals surface area contributed by atoms with Gasteiger partial charge in [0.1, 0.15) is 18.3 Å². The number of aromatic nitrogens is 5. The molecule has 146 valence electrons. The summed E-state index contributed by atoms with van der Waals surface area (Å²) in [4.78, 5) is 27.7. The molecule has 1 spiro atoms. The maximum absolute atomic E-state index is 12.4. The number of nitrogens with zero attached hydrogens (tertiary/aromatic N) is 7. The van der Waals surface area contributed by atoms with Gasteiger partial charge in [-0.2, -0.15) is 15.3 Å². The topological polar surface area (TPSA) is 113 Å². The van der Waals surface area contributed by atoms with Crippen LogP contribution >= 0.6 is 0 Å². The van der Waals surface area contributed by atoms with Crippen LogP contribution in [0.1, 0.15) is 31.4 Å². The number of fused-ring (bicyclic) bond motifs is 1. The minimum atomic E-state index is -0.246. The summed E-state index contributed by atoms with van der Waals surface area (Å²) in [5.74, 6) is 0.418. The van der Waals surface area contributed by atoms with E-state index in [1.807, 2.05) is 13.1 Å². The average Bonchev–Trinajstić information content (AvgIpc) is 3.43. The van der Waals surface area contributed by atoms with Crippen molar-refractivity contribution in [1.29, 1.82) is 5.26 Å². The van der Waals surface area contributed by atoms with Crippen LogP contribution in [0.3, 0.4) is 0 Å². The Balaban J connectivity index is 1.30. The Morgan fingerprint density at radius 2 is 2.14 bits per heavy atom. The van der Waals surface area contributed by atoms with Crippen LogP contribution in [0.4, 0.5) is 11.6 Å². The van der Waals surface area contributed by atoms with Crippen molar-refractivity contribution in [3.8, 4) is 6.07 Å². The van der Waals surface area contributed by atoms with Crippen LogP contribution in [0.25, 0.3) is 11.0 Å². The SMILES string of the molecule is CN(c1ncc2cnn(CC(=O)Nc3ccc(C#N)nc3)c2n1)C1CC2(CC2)C1. The second kappa shape index (κ2) is 6.51. The standard InChI is InChI=1S/C20H20N8O/c1-27(16-6-20(7-16)4-5-20)19-23-9-13-10-24-28(18(13)26-19)12-17(29)25-15-3-2-14(8-21)22-11-15/h2-3,9-11,16H,4-7,12H2,1H3,(H,25,29). The van der Waals surface area contributed by atoms with Gasteiger partial charge in [-0.25, -0.2) is 14.6 Å². The van der Waals surface area contributed by atoms with E-state index in [-0.39, 0.29) is 12.5 Å². The fourth-order valence-electron chi connectivity index (χ4n) is 3.98. The van der Waals surface area contributed by atoms with Crippen molar-refractivity contribution in [3.05, 3.63) is 36.4 Å². The van der Waals surface area contributed by atoms with Crippen molar-refractivity contribution < 1.29 is 4.79 Å². The smallest absolute Gasteiger partial charge is 0.246 e. The highest BCUT2D eigenvalue weighted by molar-refractivity contribution is 5.91. The molecule has 2 fully saturated rings. The number of carbonyl (C=O) groups excluding carboxylic acids is 1. The Bertz CT molecular complexity index is 1120. The van der Waals surface area contributed by atoms with Crippen molar-refractivity contribution >= 4 is 28.6 Å². The van der Waals surface area contributed by atoms with Gasteiger partial charge in [0.2, 0.25) is 11.9 Å². The summed E-state index contributed by atoms with van der Waals surface area (Å²) in [6.45, 7) is 0.0240. The van der Waals surface area contributed by atoms with Gasteiger partial charge in [-0.3, -0.25) is 4.79 Å². The second-order valence-electron chi connectivity index (χ2n) is 8.02. The molecule has 0 radical (unpaired) electrons. The molecule has 5 rings (SSSR count). The molecule has 2 aliphatic carbocycles. The highest BCUT2D eigenvalue weighted by Crippen LogP contribution is 2.61. The predicted octanol–water partition coefficient (Wildman–Crippen LogP) is 2.11. The maximum atomic E-state index is 12.4. The first-order chi connectivity index (χ1) is 14.0. The summed E-state index contributed by atoms with van der Waals surface area (Å²) in [6.07, 6.45) is 10.0. The molecule has 29 heavy (non-hydrogen) atoms. The van der Waals surface area contributed by atoms with E-state index >= 15 is 0 Å². The zero-order chi connectivity index (χ0) is 20.0. The van der Waals surface area contributed by atoms with E-state index in [4.69, 9.17) is 5.26 Å². The van der Waals surface area contributed by atoms with Gasteiger partial charge in [0, 0.05) is 19.3 Å². The van der Waals surface area contributed by atoms with Crippen molar-refractivity contribution in [2.24, 2.45) is 5.41 Å². The van der Waals surface area contributed by atoms with Crippen molar-refractivity contribution in [2.75, 3.05) is 17.3 Å². The number of nitrogens with one attached hydrogen (secondary N) is 1. The van der Waals surface area contributed by atoms with Gasteiger partial charge >= 0.3 is 0 Å². The summed E-state index contributed by atoms with van der Waals surface area (Å²) in [6, 6.07) is 5.63. The molecule has 9 heteroatoms. The highest BCUT2D eigenvalue weighted by Gasteiger charge is 2.54. The normalized spacial score (nSPS) is 17.0. The fraction of sp³-hybridized carbons (Fsp3) is 0.400. The molecule has 0 aromatic carbocycles. The monoisotopic (exact) mass is 388 g/mol. The lowest BCUT2D eigenvalue weighted by molar-refractivity contribution is -0.116. The molecule has 0 saturated heterocycles. The van der Waals surface area contributed by atoms with Crippen LogP contribution in [0.15, 0.2) is 30.7 Å². The zero-order valence-electron chi connectivity index (χ0n) is 16.0. The highest BCUT2D eigenvalue weighted by atomic mass is 16.2. The van der Waals surface area contributed by atoms with Gasteiger partial charge in [0.05, 0.1) is 23.5 Å². The summed E-state index contributed by atoms with van der Waals surface area (Å²) in [7, 11) is 2.03. The first kappa shape index (κ1) is 17.6. The zero-order valence-corrected chi connectivity index (χ0v) is 16.0. The average molecular weight is 388 g/mol. The Hall–Kier alpha value is -3.54. The summed E-state index contributed by atoms with van der Waals surface area (Å²) in [5.41, 5.74) is 2.08. The van der Waals surface area contributed by atoms with E-state index < -0.39 is 0 Å². The molecule has 0 bridgehead atoms. The molecule has 1 N–H and O–H groups in total. The minimum Gasteiger partial charge on any atom is -0.341 e. The Labute approximate surface area is 167 Å². The predicted molar refractivity (Wildman–Crippen MR) is 106 cm³/mol. The number of hydrogen-bond acceptors (Lipinski definition) is 7. The van der Waals surface area contributed by atoms with Crippen LogP contribution in [0.2, 0.25) is 0 Å². The van der Waals surface area contributed by atoms with Gasteiger partial charge in [0.25, 0.3) is 0 Å². The summed E-state index contributed by atoms with van der Waals surface area (Å²) >= 11 is 0. The van der Waals surface area contributed by atoms with Gasteiger partial charge < -0.3 is 10.2 Å². The number of carbonyl (C=O) groups is 1. The summed E-state index contributed by atoms with van der Waals surface area (Å²) < 4.78 is 1.57. The Kier molecular flexibility index (Phi) is 3.94. The minimum absolute atomic E-state index is 0.0240. The Morgan fingerprint density at radius 1 is 1.31 bits per heavy atom. The van der Waals surface area contributed by atoms with Gasteiger partial charge in [0.15, 0.2) is 5.65 Å². The molecule has 3 heterocycles. The van der Waals surface area contributed by atoms with Crippen LogP contribution in [-0.2, 0) is 11.3 Å². The fourth-order valence-corrected chi connectivity index (χ4v) is 3.98. The number of pyridine rings is 1. The summed E-state index contributed by atoms with van der Waals surface area (Å²) in [5, 5.41) is 16.6. The van der Waals surface area contributed by atoms with E-state index in [0.717, 1.165) is 5.39 Å². The van der Waals surface area contributed by atoms with Gasteiger partial charge in [-0.1, -0.05) is 0 Å². The number of amides is 1. The largest absolute Gasteiger partial charge is 0.341 e. The second-order valence-corrected chi connectivity index (χ2v) is 8.02. The Morgan fingerprint density at radius 3 is 2.83 bits per heavy atom. The molecule has 1 amide bonds. The lowest BCUT2D eigenvalue weighted by Crippen LogP contribution is -2.44. The quantitative estimate of drug-likeness (QED) is 0.712. The van der Waals surface area contributed by atoms with Crippen molar-refractivity contribution in [1.82, 2.24) is 24.7 Å². The third kappa shape index (κ3) is 3.27. The number of anilines is 2. The first-order valence-electron chi connectivity index (χ1n) is 9.63. The molecule has 9 nitrogen and oxygen atoms in total. The molecule has 0 atom stereocenters. The van der Waals surface area contributed by atoms with Gasteiger partial charge in [-0.15, -0.1) is 0 Å². The van der Waals surface area contributed by atoms with Crippen LogP contribution in [0, 0.1) is 16.7 Å². The van der Waals surface area contributed by atoms with Crippen molar-refractivity contribution in [3.63, 3.8) is 0 Å².